The van der Waals surface area contributed by atoms with Crippen LogP contribution >= 0.6 is 0 Å². The molecule has 1 fully saturated rings. The Morgan fingerprint density at radius 1 is 1.43 bits per heavy atom. The number of rotatable bonds is 4. The molecule has 0 bridgehead atoms. The highest BCUT2D eigenvalue weighted by Crippen LogP contribution is 2.23. The predicted octanol–water partition coefficient (Wildman–Crippen LogP) is 2.51. The molecular formula is C16H19N3O2. The van der Waals surface area contributed by atoms with Gasteiger partial charge in [-0.1, -0.05) is 18.2 Å². The van der Waals surface area contributed by atoms with Crippen LogP contribution in [0.1, 0.15) is 19.3 Å². The van der Waals surface area contributed by atoms with Crippen molar-refractivity contribution in [2.75, 3.05) is 23.3 Å². The fourth-order valence-electron chi connectivity index (χ4n) is 2.78. The highest BCUT2D eigenvalue weighted by Gasteiger charge is 2.21. The Kier molecular flexibility index (Phi) is 3.90. The summed E-state index contributed by atoms with van der Waals surface area (Å²) in [6.45, 7) is 1.31. The molecule has 0 unspecified atom stereocenters. The Balaban J connectivity index is 1.64. The van der Waals surface area contributed by atoms with Crippen LogP contribution in [0, 0.1) is 5.92 Å². The van der Waals surface area contributed by atoms with Gasteiger partial charge in [-0.05, 0) is 37.0 Å². The number of hydrogen-bond donors (Lipinski definition) is 2. The average Bonchev–Trinajstić information content (AvgIpc) is 3.10. The van der Waals surface area contributed by atoms with Gasteiger partial charge in [-0.25, -0.2) is 4.79 Å². The van der Waals surface area contributed by atoms with Gasteiger partial charge in [0.2, 0.25) is 5.91 Å². The molecule has 1 heterocycles. The summed E-state index contributed by atoms with van der Waals surface area (Å²) in [6, 6.07) is 7.33. The van der Waals surface area contributed by atoms with Crippen LogP contribution < -0.4 is 15.5 Å². The number of carbonyl (C=O) groups excluding carboxylic acids is 2. The van der Waals surface area contributed by atoms with Crippen LogP contribution in [0.25, 0.3) is 0 Å². The SMILES string of the molecule is O=C(C[C@H]1C=CCC1)Nc1cccc(N2CCNC2=O)c1. The van der Waals surface area contributed by atoms with E-state index in [-0.39, 0.29) is 11.9 Å². The number of nitrogens with zero attached hydrogens (tertiary/aromatic N) is 1. The van der Waals surface area contributed by atoms with Gasteiger partial charge >= 0.3 is 6.03 Å². The van der Waals surface area contributed by atoms with Gasteiger partial charge in [0, 0.05) is 30.9 Å². The Hall–Kier alpha value is -2.30. The van der Waals surface area contributed by atoms with Crippen molar-refractivity contribution in [3.8, 4) is 0 Å². The van der Waals surface area contributed by atoms with Gasteiger partial charge in [-0.3, -0.25) is 9.69 Å². The van der Waals surface area contributed by atoms with E-state index in [9.17, 15) is 9.59 Å². The molecule has 5 heteroatoms. The number of benzene rings is 1. The number of allylic oxidation sites excluding steroid dienone is 2. The van der Waals surface area contributed by atoms with E-state index in [0.29, 0.717) is 25.4 Å². The third-order valence-corrected chi connectivity index (χ3v) is 3.86. The smallest absolute Gasteiger partial charge is 0.321 e. The maximum atomic E-state index is 12.0. The predicted molar refractivity (Wildman–Crippen MR) is 82.3 cm³/mol. The maximum absolute atomic E-state index is 12.0. The number of hydrogen-bond acceptors (Lipinski definition) is 2. The van der Waals surface area contributed by atoms with Crippen molar-refractivity contribution in [3.05, 3.63) is 36.4 Å². The first kappa shape index (κ1) is 13.7. The zero-order valence-electron chi connectivity index (χ0n) is 11.8. The number of anilines is 2. The van der Waals surface area contributed by atoms with Crippen molar-refractivity contribution in [1.29, 1.82) is 0 Å². The molecule has 1 aliphatic carbocycles. The largest absolute Gasteiger partial charge is 0.336 e. The first-order chi connectivity index (χ1) is 10.2. The molecule has 1 aromatic carbocycles. The lowest BCUT2D eigenvalue weighted by molar-refractivity contribution is -0.116. The highest BCUT2D eigenvalue weighted by molar-refractivity contribution is 5.96. The number of carbonyl (C=O) groups is 2. The number of nitrogens with one attached hydrogen (secondary N) is 2. The summed E-state index contributed by atoms with van der Waals surface area (Å²) < 4.78 is 0. The van der Waals surface area contributed by atoms with Crippen LogP contribution in [-0.4, -0.2) is 25.0 Å². The molecule has 2 N–H and O–H groups in total. The van der Waals surface area contributed by atoms with Gasteiger partial charge in [0.1, 0.15) is 0 Å². The molecule has 1 aromatic rings. The topological polar surface area (TPSA) is 61.4 Å². The second-order valence-electron chi connectivity index (χ2n) is 5.45. The molecule has 3 amide bonds. The summed E-state index contributed by atoms with van der Waals surface area (Å²) in [5.74, 6) is 0.382. The van der Waals surface area contributed by atoms with Crippen LogP contribution in [0.4, 0.5) is 16.2 Å². The van der Waals surface area contributed by atoms with Crippen LogP contribution in [0.15, 0.2) is 36.4 Å². The van der Waals surface area contributed by atoms with E-state index < -0.39 is 0 Å². The molecule has 0 spiro atoms. The van der Waals surface area contributed by atoms with Crippen LogP contribution in [0.5, 0.6) is 0 Å². The van der Waals surface area contributed by atoms with Crippen LogP contribution in [-0.2, 0) is 4.79 Å². The Labute approximate surface area is 124 Å². The molecule has 21 heavy (non-hydrogen) atoms. The van der Waals surface area contributed by atoms with Crippen molar-refractivity contribution in [2.45, 2.75) is 19.3 Å². The van der Waals surface area contributed by atoms with E-state index in [2.05, 4.69) is 22.8 Å². The molecule has 0 aromatic heterocycles. The lowest BCUT2D eigenvalue weighted by Gasteiger charge is -2.16. The van der Waals surface area contributed by atoms with Gasteiger partial charge in [-0.15, -0.1) is 0 Å². The average molecular weight is 285 g/mol. The molecule has 5 nitrogen and oxygen atoms in total. The fourth-order valence-corrected chi connectivity index (χ4v) is 2.78. The molecule has 2 aliphatic rings. The zero-order valence-corrected chi connectivity index (χ0v) is 11.8. The second kappa shape index (κ2) is 5.99. The maximum Gasteiger partial charge on any atom is 0.321 e. The molecular weight excluding hydrogens is 266 g/mol. The van der Waals surface area contributed by atoms with Gasteiger partial charge in [0.15, 0.2) is 0 Å². The number of amides is 3. The minimum absolute atomic E-state index is 0.0228. The minimum atomic E-state index is -0.0884. The third kappa shape index (κ3) is 3.24. The van der Waals surface area contributed by atoms with E-state index in [1.807, 2.05) is 24.3 Å². The zero-order chi connectivity index (χ0) is 14.7. The molecule has 1 atom stereocenters. The van der Waals surface area contributed by atoms with E-state index in [4.69, 9.17) is 0 Å². The Morgan fingerprint density at radius 3 is 3.05 bits per heavy atom. The highest BCUT2D eigenvalue weighted by atomic mass is 16.2. The standard InChI is InChI=1S/C16H19N3O2/c20-15(10-12-4-1-2-5-12)18-13-6-3-7-14(11-13)19-9-8-17-16(19)21/h1,3-4,6-7,11-12H,2,5,8-10H2,(H,17,21)(H,18,20)/t12-/m0/s1. The number of urea groups is 1. The Morgan fingerprint density at radius 2 is 2.33 bits per heavy atom. The van der Waals surface area contributed by atoms with Gasteiger partial charge < -0.3 is 10.6 Å². The minimum Gasteiger partial charge on any atom is -0.336 e. The molecule has 1 aliphatic heterocycles. The van der Waals surface area contributed by atoms with E-state index in [1.54, 1.807) is 4.90 Å². The summed E-state index contributed by atoms with van der Waals surface area (Å²) in [7, 11) is 0. The monoisotopic (exact) mass is 285 g/mol. The van der Waals surface area contributed by atoms with E-state index in [1.165, 1.54) is 0 Å². The van der Waals surface area contributed by atoms with E-state index in [0.717, 1.165) is 24.2 Å². The van der Waals surface area contributed by atoms with Gasteiger partial charge in [0.05, 0.1) is 0 Å². The van der Waals surface area contributed by atoms with Crippen molar-refractivity contribution in [1.82, 2.24) is 5.32 Å². The molecule has 3 rings (SSSR count). The summed E-state index contributed by atoms with van der Waals surface area (Å²) >= 11 is 0. The second-order valence-corrected chi connectivity index (χ2v) is 5.45. The lowest BCUT2D eigenvalue weighted by Crippen LogP contribution is -2.27. The first-order valence-electron chi connectivity index (χ1n) is 7.34. The molecule has 0 saturated carbocycles. The lowest BCUT2D eigenvalue weighted by atomic mass is 10.1. The van der Waals surface area contributed by atoms with Crippen molar-refractivity contribution in [3.63, 3.8) is 0 Å². The molecule has 0 radical (unpaired) electrons. The summed E-state index contributed by atoms with van der Waals surface area (Å²) in [5, 5.41) is 5.68. The molecule has 1 saturated heterocycles. The van der Waals surface area contributed by atoms with E-state index >= 15 is 0 Å². The first-order valence-corrected chi connectivity index (χ1v) is 7.34. The van der Waals surface area contributed by atoms with Gasteiger partial charge in [0.25, 0.3) is 0 Å². The van der Waals surface area contributed by atoms with Crippen LogP contribution in [0.2, 0.25) is 0 Å². The quantitative estimate of drug-likeness (QED) is 0.835. The van der Waals surface area contributed by atoms with Crippen molar-refractivity contribution in [2.24, 2.45) is 5.92 Å². The summed E-state index contributed by atoms with van der Waals surface area (Å²) in [4.78, 5) is 25.4. The van der Waals surface area contributed by atoms with Crippen molar-refractivity contribution < 1.29 is 9.59 Å². The van der Waals surface area contributed by atoms with Gasteiger partial charge in [-0.2, -0.15) is 0 Å². The Bertz CT molecular complexity index is 583. The van der Waals surface area contributed by atoms with Crippen LogP contribution in [0.3, 0.4) is 0 Å². The molecule has 110 valence electrons. The summed E-state index contributed by atoms with van der Waals surface area (Å²) in [5.41, 5.74) is 1.54. The fraction of sp³-hybridized carbons (Fsp3) is 0.375. The third-order valence-electron chi connectivity index (χ3n) is 3.86. The normalized spacial score (nSPS) is 20.7. The van der Waals surface area contributed by atoms with Crippen molar-refractivity contribution >= 4 is 23.3 Å². The summed E-state index contributed by atoms with van der Waals surface area (Å²) in [6.07, 6.45) is 6.89.